The number of carboxylic acid groups (broad SMARTS) is 1. The van der Waals surface area contributed by atoms with Gasteiger partial charge >= 0.3 is 11.9 Å². The Morgan fingerprint density at radius 1 is 1.23 bits per heavy atom. The fourth-order valence-corrected chi connectivity index (χ4v) is 2.11. The lowest BCUT2D eigenvalue weighted by atomic mass is 10.1. The van der Waals surface area contributed by atoms with Crippen LogP contribution in [0.4, 0.5) is 11.4 Å². The van der Waals surface area contributed by atoms with Crippen LogP contribution in [0, 0.1) is 6.92 Å². The first-order valence-electron chi connectivity index (χ1n) is 6.46. The third kappa shape index (κ3) is 3.56. The van der Waals surface area contributed by atoms with Gasteiger partial charge in [0.25, 0.3) is 0 Å². The van der Waals surface area contributed by atoms with Gasteiger partial charge in [0, 0.05) is 5.69 Å². The number of halogens is 1. The van der Waals surface area contributed by atoms with Gasteiger partial charge in [-0.05, 0) is 36.8 Å². The fourth-order valence-electron chi connectivity index (χ4n) is 2.01. The van der Waals surface area contributed by atoms with Crippen LogP contribution in [0.5, 0.6) is 0 Å². The Morgan fingerprint density at radius 3 is 2.64 bits per heavy atom. The van der Waals surface area contributed by atoms with Crippen LogP contribution >= 0.6 is 11.6 Å². The van der Waals surface area contributed by atoms with E-state index in [1.807, 2.05) is 0 Å². The Morgan fingerprint density at radius 2 is 1.95 bits per heavy atom. The van der Waals surface area contributed by atoms with Crippen LogP contribution in [-0.4, -0.2) is 23.1 Å². The molecule has 0 spiro atoms. The third-order valence-corrected chi connectivity index (χ3v) is 3.17. The van der Waals surface area contributed by atoms with Gasteiger partial charge in [-0.2, -0.15) is 0 Å². The summed E-state index contributed by atoms with van der Waals surface area (Å²) in [6, 6.07) is 11.4. The molecule has 0 heterocycles. The van der Waals surface area contributed by atoms with Crippen molar-refractivity contribution < 1.29 is 19.4 Å². The van der Waals surface area contributed by atoms with Gasteiger partial charge in [-0.25, -0.2) is 9.59 Å². The highest BCUT2D eigenvalue weighted by Gasteiger charge is 2.13. The number of carboxylic acids is 1. The van der Waals surface area contributed by atoms with E-state index in [0.29, 0.717) is 16.9 Å². The van der Waals surface area contributed by atoms with Crippen molar-refractivity contribution in [3.8, 4) is 0 Å². The largest absolute Gasteiger partial charge is 0.478 e. The van der Waals surface area contributed by atoms with Crippen LogP contribution in [-0.2, 0) is 4.74 Å². The minimum atomic E-state index is -1.02. The first kappa shape index (κ1) is 15.9. The smallest absolute Gasteiger partial charge is 0.339 e. The molecule has 2 N–H and O–H groups in total. The molecule has 2 rings (SSSR count). The molecular formula is C16H14ClNO4. The van der Waals surface area contributed by atoms with E-state index in [1.54, 1.807) is 43.3 Å². The summed E-state index contributed by atoms with van der Waals surface area (Å²) < 4.78 is 4.72. The van der Waals surface area contributed by atoms with Crippen LogP contribution < -0.4 is 5.32 Å². The second-order valence-electron chi connectivity index (χ2n) is 4.55. The molecule has 2 aromatic carbocycles. The lowest BCUT2D eigenvalue weighted by Crippen LogP contribution is -2.06. The summed E-state index contributed by atoms with van der Waals surface area (Å²) in [7, 11) is 0. The van der Waals surface area contributed by atoms with E-state index in [-0.39, 0.29) is 11.6 Å². The van der Waals surface area contributed by atoms with Gasteiger partial charge in [-0.1, -0.05) is 29.8 Å². The molecule has 0 aliphatic heterocycles. The van der Waals surface area contributed by atoms with Crippen LogP contribution in [0.1, 0.15) is 26.3 Å². The molecule has 0 radical (unpaired) electrons. The molecular weight excluding hydrogens is 306 g/mol. The van der Waals surface area contributed by atoms with Crippen LogP contribution in [0.3, 0.4) is 0 Å². The average Bonchev–Trinajstić information content (AvgIpc) is 2.49. The highest BCUT2D eigenvalue weighted by Crippen LogP contribution is 2.25. The SMILES string of the molecule is Cc1cccc(C(=O)O)c1Nc1cccc(C(=O)OCCl)c1. The van der Waals surface area contributed by atoms with Gasteiger partial charge in [0.1, 0.15) is 0 Å². The molecule has 5 nitrogen and oxygen atoms in total. The molecule has 114 valence electrons. The van der Waals surface area contributed by atoms with Crippen molar-refractivity contribution in [2.75, 3.05) is 11.4 Å². The first-order valence-corrected chi connectivity index (χ1v) is 6.99. The van der Waals surface area contributed by atoms with Crippen molar-refractivity contribution in [2.45, 2.75) is 6.92 Å². The maximum atomic E-state index is 11.7. The lowest BCUT2D eigenvalue weighted by Gasteiger charge is -2.13. The molecule has 0 aliphatic rings. The normalized spacial score (nSPS) is 10.1. The van der Waals surface area contributed by atoms with E-state index in [1.165, 1.54) is 6.07 Å². The number of aryl methyl sites for hydroxylation is 1. The number of carbonyl (C=O) groups excluding carboxylic acids is 1. The van der Waals surface area contributed by atoms with Crippen molar-refractivity contribution in [3.05, 3.63) is 59.2 Å². The molecule has 0 unspecified atom stereocenters. The predicted octanol–water partition coefficient (Wildman–Crippen LogP) is 3.79. The molecule has 0 fully saturated rings. The van der Waals surface area contributed by atoms with Crippen LogP contribution in [0.25, 0.3) is 0 Å². The quantitative estimate of drug-likeness (QED) is 0.647. The summed E-state index contributed by atoms with van der Waals surface area (Å²) in [4.78, 5) is 23.0. The maximum Gasteiger partial charge on any atom is 0.339 e. The van der Waals surface area contributed by atoms with E-state index >= 15 is 0 Å². The molecule has 2 aromatic rings. The van der Waals surface area contributed by atoms with E-state index in [4.69, 9.17) is 16.3 Å². The molecule has 0 saturated carbocycles. The van der Waals surface area contributed by atoms with Gasteiger partial charge in [0.05, 0.1) is 16.8 Å². The molecule has 0 aromatic heterocycles. The van der Waals surface area contributed by atoms with Gasteiger partial charge < -0.3 is 15.2 Å². The number of para-hydroxylation sites is 1. The van der Waals surface area contributed by atoms with Crippen molar-refractivity contribution >= 4 is 34.9 Å². The molecule has 0 atom stereocenters. The summed E-state index contributed by atoms with van der Waals surface area (Å²) in [5, 5.41) is 12.3. The van der Waals surface area contributed by atoms with E-state index < -0.39 is 11.9 Å². The van der Waals surface area contributed by atoms with Crippen LogP contribution in [0.2, 0.25) is 0 Å². The molecule has 0 amide bonds. The average molecular weight is 320 g/mol. The summed E-state index contributed by atoms with van der Waals surface area (Å²) >= 11 is 5.37. The number of aromatic carboxylic acids is 1. The van der Waals surface area contributed by atoms with Crippen molar-refractivity contribution in [1.82, 2.24) is 0 Å². The minimum absolute atomic E-state index is 0.161. The fraction of sp³-hybridized carbons (Fsp3) is 0.125. The summed E-state index contributed by atoms with van der Waals surface area (Å²) in [5.74, 6) is -1.56. The Balaban J connectivity index is 2.34. The zero-order chi connectivity index (χ0) is 16.1. The van der Waals surface area contributed by atoms with E-state index in [9.17, 15) is 14.7 Å². The summed E-state index contributed by atoms with van der Waals surface area (Å²) in [6.45, 7) is 1.81. The molecule has 0 saturated heterocycles. The number of rotatable bonds is 5. The van der Waals surface area contributed by atoms with Crippen LogP contribution in [0.15, 0.2) is 42.5 Å². The predicted molar refractivity (Wildman–Crippen MR) is 84.0 cm³/mol. The number of nitrogens with one attached hydrogen (secondary N) is 1. The molecule has 6 heteroatoms. The second-order valence-corrected chi connectivity index (χ2v) is 4.77. The summed E-state index contributed by atoms with van der Waals surface area (Å²) in [5.41, 5.74) is 2.34. The van der Waals surface area contributed by atoms with Crippen molar-refractivity contribution in [1.29, 1.82) is 0 Å². The number of ether oxygens (including phenoxy) is 1. The zero-order valence-electron chi connectivity index (χ0n) is 11.8. The standard InChI is InChI=1S/C16H14ClNO4/c1-10-4-2-7-13(15(19)20)14(10)18-12-6-3-5-11(8-12)16(21)22-9-17/h2-8,18H,9H2,1H3,(H,19,20). The van der Waals surface area contributed by atoms with E-state index in [2.05, 4.69) is 5.32 Å². The number of benzene rings is 2. The van der Waals surface area contributed by atoms with Gasteiger partial charge in [0.2, 0.25) is 0 Å². The lowest BCUT2D eigenvalue weighted by molar-refractivity contribution is 0.0573. The highest BCUT2D eigenvalue weighted by atomic mass is 35.5. The van der Waals surface area contributed by atoms with Gasteiger partial charge in [-0.3, -0.25) is 0 Å². The monoisotopic (exact) mass is 319 g/mol. The molecule has 22 heavy (non-hydrogen) atoms. The third-order valence-electron chi connectivity index (χ3n) is 3.06. The topological polar surface area (TPSA) is 75.6 Å². The minimum Gasteiger partial charge on any atom is -0.478 e. The number of esters is 1. The highest BCUT2D eigenvalue weighted by molar-refractivity contribution is 6.17. The van der Waals surface area contributed by atoms with E-state index in [0.717, 1.165) is 5.56 Å². The number of alkyl halides is 1. The Kier molecular flexibility index (Phi) is 5.01. The molecule has 0 aliphatic carbocycles. The zero-order valence-corrected chi connectivity index (χ0v) is 12.6. The maximum absolute atomic E-state index is 11.7. The summed E-state index contributed by atoms with van der Waals surface area (Å²) in [6.07, 6.45) is 0. The van der Waals surface area contributed by atoms with Crippen molar-refractivity contribution in [3.63, 3.8) is 0 Å². The number of carbonyl (C=O) groups is 2. The first-order chi connectivity index (χ1) is 10.5. The van der Waals surface area contributed by atoms with Gasteiger partial charge in [0.15, 0.2) is 6.07 Å². The number of hydrogen-bond acceptors (Lipinski definition) is 4. The number of hydrogen-bond donors (Lipinski definition) is 2. The Hall–Kier alpha value is -2.53. The molecule has 0 bridgehead atoms. The Labute approximate surface area is 132 Å². The van der Waals surface area contributed by atoms with Crippen molar-refractivity contribution in [2.24, 2.45) is 0 Å². The Bertz CT molecular complexity index is 715. The number of anilines is 2. The van der Waals surface area contributed by atoms with Gasteiger partial charge in [-0.15, -0.1) is 0 Å². The second kappa shape index (κ2) is 6.95.